The van der Waals surface area contributed by atoms with E-state index in [9.17, 15) is 14.7 Å². The lowest BCUT2D eigenvalue weighted by molar-refractivity contribution is 0.0920. The van der Waals surface area contributed by atoms with E-state index in [1.165, 1.54) is 4.88 Å². The molecular formula is C24H28N2O4S. The van der Waals surface area contributed by atoms with Crippen LogP contribution in [0.3, 0.4) is 0 Å². The van der Waals surface area contributed by atoms with Crippen molar-refractivity contribution in [2.24, 2.45) is 0 Å². The van der Waals surface area contributed by atoms with Crippen LogP contribution in [0.15, 0.2) is 47.8 Å². The second-order valence-corrected chi connectivity index (χ2v) is 8.60. The van der Waals surface area contributed by atoms with Crippen LogP contribution in [0.5, 0.6) is 5.75 Å². The first-order valence-corrected chi connectivity index (χ1v) is 11.1. The summed E-state index contributed by atoms with van der Waals surface area (Å²) in [5.74, 6) is 0.0518. The summed E-state index contributed by atoms with van der Waals surface area (Å²) < 4.78 is 7.84. The van der Waals surface area contributed by atoms with E-state index in [-0.39, 0.29) is 24.8 Å². The van der Waals surface area contributed by atoms with Crippen molar-refractivity contribution in [3.63, 3.8) is 0 Å². The smallest absolute Gasteiger partial charge is 0.251 e. The van der Waals surface area contributed by atoms with E-state index in [2.05, 4.69) is 21.3 Å². The molecule has 0 aliphatic heterocycles. The summed E-state index contributed by atoms with van der Waals surface area (Å²) in [5, 5.41) is 14.0. The number of rotatable bonds is 10. The molecule has 0 bridgehead atoms. The van der Waals surface area contributed by atoms with Crippen LogP contribution in [0, 0.1) is 13.8 Å². The van der Waals surface area contributed by atoms with Crippen LogP contribution < -0.4 is 10.1 Å². The van der Waals surface area contributed by atoms with E-state index >= 15 is 0 Å². The quantitative estimate of drug-likeness (QED) is 0.470. The number of thiophene rings is 1. The number of aliphatic hydroxyl groups excluding tert-OH is 1. The van der Waals surface area contributed by atoms with E-state index in [1.54, 1.807) is 42.5 Å². The van der Waals surface area contributed by atoms with Gasteiger partial charge in [-0.2, -0.15) is 0 Å². The Morgan fingerprint density at radius 1 is 1.19 bits per heavy atom. The number of ether oxygens (including phenoxy) is 1. The first-order chi connectivity index (χ1) is 14.8. The lowest BCUT2D eigenvalue weighted by Crippen LogP contribution is -2.30. The summed E-state index contributed by atoms with van der Waals surface area (Å²) in [6, 6.07) is 12.7. The van der Waals surface area contributed by atoms with Gasteiger partial charge in [0, 0.05) is 40.5 Å². The Morgan fingerprint density at radius 3 is 2.71 bits per heavy atom. The Balaban J connectivity index is 1.61. The maximum absolute atomic E-state index is 12.8. The van der Waals surface area contributed by atoms with Crippen molar-refractivity contribution in [2.75, 3.05) is 13.2 Å². The van der Waals surface area contributed by atoms with Gasteiger partial charge in [-0.15, -0.1) is 11.3 Å². The zero-order valence-corrected chi connectivity index (χ0v) is 18.9. The SMILES string of the molecule is Cc1cc(C(=O)COc2cccc(C(=O)NCC(C)O)c2)c(C)n1CCc1cccs1. The highest BCUT2D eigenvalue weighted by atomic mass is 32.1. The Labute approximate surface area is 186 Å². The van der Waals surface area contributed by atoms with Crippen LogP contribution in [-0.4, -0.2) is 40.6 Å². The third-order valence-corrected chi connectivity index (χ3v) is 6.00. The fraction of sp³-hybridized carbons (Fsp3) is 0.333. The number of Topliss-reactive ketones (excluding diaryl/α,β-unsaturated/α-hetero) is 1. The van der Waals surface area contributed by atoms with Crippen LogP contribution in [0.2, 0.25) is 0 Å². The summed E-state index contributed by atoms with van der Waals surface area (Å²) in [7, 11) is 0. The zero-order chi connectivity index (χ0) is 22.4. The van der Waals surface area contributed by atoms with Crippen LogP contribution in [-0.2, 0) is 13.0 Å². The molecular weight excluding hydrogens is 412 g/mol. The summed E-state index contributed by atoms with van der Waals surface area (Å²) in [4.78, 5) is 26.3. The van der Waals surface area contributed by atoms with Gasteiger partial charge in [0.25, 0.3) is 5.91 Å². The average Bonchev–Trinajstić information content (AvgIpc) is 3.37. The number of aryl methyl sites for hydroxylation is 2. The number of hydrogen-bond acceptors (Lipinski definition) is 5. The molecule has 2 aromatic heterocycles. The molecule has 0 saturated carbocycles. The van der Waals surface area contributed by atoms with Crippen molar-refractivity contribution >= 4 is 23.0 Å². The van der Waals surface area contributed by atoms with Gasteiger partial charge in [-0.1, -0.05) is 12.1 Å². The van der Waals surface area contributed by atoms with Gasteiger partial charge in [0.2, 0.25) is 5.78 Å². The predicted octanol–water partition coefficient (Wildman–Crippen LogP) is 3.78. The van der Waals surface area contributed by atoms with Gasteiger partial charge in [-0.3, -0.25) is 9.59 Å². The number of nitrogens with one attached hydrogen (secondary N) is 1. The first kappa shape index (κ1) is 22.8. The number of nitrogens with zero attached hydrogens (tertiary/aromatic N) is 1. The second-order valence-electron chi connectivity index (χ2n) is 7.56. The van der Waals surface area contributed by atoms with E-state index in [0.717, 1.165) is 24.4 Å². The monoisotopic (exact) mass is 440 g/mol. The fourth-order valence-corrected chi connectivity index (χ4v) is 4.10. The molecule has 164 valence electrons. The first-order valence-electron chi connectivity index (χ1n) is 10.3. The number of carbonyl (C=O) groups is 2. The number of ketones is 1. The topological polar surface area (TPSA) is 80.6 Å². The van der Waals surface area contributed by atoms with Crippen molar-refractivity contribution in [3.05, 3.63) is 75.2 Å². The molecule has 1 unspecified atom stereocenters. The molecule has 2 N–H and O–H groups in total. The van der Waals surface area contributed by atoms with Gasteiger partial charge in [0.15, 0.2) is 6.61 Å². The molecule has 0 saturated heterocycles. The molecule has 2 heterocycles. The average molecular weight is 441 g/mol. The molecule has 1 aromatic carbocycles. The zero-order valence-electron chi connectivity index (χ0n) is 18.1. The van der Waals surface area contributed by atoms with E-state index in [4.69, 9.17) is 4.74 Å². The van der Waals surface area contributed by atoms with Crippen LogP contribution in [0.25, 0.3) is 0 Å². The summed E-state index contributed by atoms with van der Waals surface area (Å²) >= 11 is 1.74. The maximum atomic E-state index is 12.8. The molecule has 1 atom stereocenters. The lowest BCUT2D eigenvalue weighted by atomic mass is 10.1. The molecule has 31 heavy (non-hydrogen) atoms. The Morgan fingerprint density at radius 2 is 2.00 bits per heavy atom. The van der Waals surface area contributed by atoms with Gasteiger partial charge in [0.1, 0.15) is 5.75 Å². The molecule has 7 heteroatoms. The van der Waals surface area contributed by atoms with Crippen molar-refractivity contribution in [3.8, 4) is 5.75 Å². The Kier molecular flexibility index (Phi) is 7.65. The minimum atomic E-state index is -0.620. The minimum absolute atomic E-state index is 0.0977. The van der Waals surface area contributed by atoms with Gasteiger partial charge in [-0.25, -0.2) is 0 Å². The summed E-state index contributed by atoms with van der Waals surface area (Å²) in [6.07, 6.45) is 0.313. The van der Waals surface area contributed by atoms with Crippen molar-refractivity contribution in [2.45, 2.75) is 39.8 Å². The number of carbonyl (C=O) groups excluding carboxylic acids is 2. The third kappa shape index (κ3) is 6.06. The fourth-order valence-electron chi connectivity index (χ4n) is 3.40. The van der Waals surface area contributed by atoms with E-state index in [1.807, 2.05) is 26.0 Å². The number of hydrogen-bond donors (Lipinski definition) is 2. The largest absolute Gasteiger partial charge is 0.485 e. The molecule has 6 nitrogen and oxygen atoms in total. The molecule has 0 spiro atoms. The Bertz CT molecular complexity index is 1040. The minimum Gasteiger partial charge on any atom is -0.485 e. The number of aliphatic hydroxyl groups is 1. The summed E-state index contributed by atoms with van der Waals surface area (Å²) in [6.45, 7) is 6.47. The summed E-state index contributed by atoms with van der Waals surface area (Å²) in [5.41, 5.74) is 3.06. The highest BCUT2D eigenvalue weighted by Crippen LogP contribution is 2.19. The maximum Gasteiger partial charge on any atom is 0.251 e. The van der Waals surface area contributed by atoms with Crippen LogP contribution in [0.4, 0.5) is 0 Å². The van der Waals surface area contributed by atoms with Gasteiger partial charge in [0.05, 0.1) is 6.10 Å². The van der Waals surface area contributed by atoms with Crippen LogP contribution in [0.1, 0.15) is 43.9 Å². The number of benzene rings is 1. The molecule has 0 radical (unpaired) electrons. The van der Waals surface area contributed by atoms with E-state index in [0.29, 0.717) is 16.9 Å². The molecule has 3 aromatic rings. The van der Waals surface area contributed by atoms with Crippen molar-refractivity contribution in [1.29, 1.82) is 0 Å². The molecule has 3 rings (SSSR count). The standard InChI is InChI=1S/C24H28N2O4S/c1-16-12-22(18(3)26(16)10-9-21-8-5-11-31-21)23(28)15-30-20-7-4-6-19(13-20)24(29)25-14-17(2)27/h4-8,11-13,17,27H,9-10,14-15H2,1-3H3,(H,25,29). The molecule has 0 aliphatic carbocycles. The highest BCUT2D eigenvalue weighted by molar-refractivity contribution is 7.09. The van der Waals surface area contributed by atoms with Gasteiger partial charge >= 0.3 is 0 Å². The highest BCUT2D eigenvalue weighted by Gasteiger charge is 2.17. The van der Waals surface area contributed by atoms with Gasteiger partial charge < -0.3 is 19.7 Å². The van der Waals surface area contributed by atoms with Gasteiger partial charge in [-0.05, 0) is 62.9 Å². The molecule has 0 fully saturated rings. The predicted molar refractivity (Wildman–Crippen MR) is 122 cm³/mol. The molecule has 1 amide bonds. The van der Waals surface area contributed by atoms with Crippen LogP contribution >= 0.6 is 11.3 Å². The molecule has 0 aliphatic rings. The third-order valence-electron chi connectivity index (χ3n) is 5.06. The number of amides is 1. The normalized spacial score (nSPS) is 11.9. The Hall–Kier alpha value is -2.90. The number of aromatic nitrogens is 1. The van der Waals surface area contributed by atoms with E-state index < -0.39 is 6.10 Å². The van der Waals surface area contributed by atoms with Crippen molar-refractivity contribution in [1.82, 2.24) is 9.88 Å². The van der Waals surface area contributed by atoms with Crippen molar-refractivity contribution < 1.29 is 19.4 Å². The lowest BCUT2D eigenvalue weighted by Gasteiger charge is -2.10. The second kappa shape index (κ2) is 10.4.